The molecule has 0 spiro atoms. The molecule has 1 fully saturated rings. The SMILES string of the molecule is CNC(=O)c1ccc(Cc2cc3c(c(Cl)c2C)O[C@@H]2CCN(C3=O)[C@@H]2C)cc1F. The molecule has 2 heterocycles. The largest absolute Gasteiger partial charge is 0.486 e. The Kier molecular flexibility index (Phi) is 4.99. The van der Waals surface area contributed by atoms with Gasteiger partial charge in [-0.3, -0.25) is 9.59 Å². The number of ether oxygens (including phenoxy) is 1. The molecule has 2 amide bonds. The van der Waals surface area contributed by atoms with Crippen LogP contribution in [0, 0.1) is 12.7 Å². The first-order chi connectivity index (χ1) is 13.8. The number of carbonyl (C=O) groups is 2. The first-order valence-corrected chi connectivity index (χ1v) is 9.99. The van der Waals surface area contributed by atoms with Crippen LogP contribution in [0.25, 0.3) is 0 Å². The Morgan fingerprint density at radius 1 is 1.38 bits per heavy atom. The molecule has 5 nitrogen and oxygen atoms in total. The number of carbonyl (C=O) groups excluding carboxylic acids is 2. The maximum atomic E-state index is 14.3. The second-order valence-corrected chi connectivity index (χ2v) is 7.98. The van der Waals surface area contributed by atoms with Gasteiger partial charge in [0.15, 0.2) is 5.75 Å². The number of hydrogen-bond donors (Lipinski definition) is 1. The molecule has 152 valence electrons. The average molecular weight is 417 g/mol. The number of nitrogens with zero attached hydrogens (tertiary/aromatic N) is 1. The van der Waals surface area contributed by atoms with Crippen molar-refractivity contribution in [2.75, 3.05) is 13.6 Å². The van der Waals surface area contributed by atoms with Crippen LogP contribution in [0.5, 0.6) is 5.75 Å². The van der Waals surface area contributed by atoms with Crippen molar-refractivity contribution in [2.45, 2.75) is 38.8 Å². The fourth-order valence-electron chi connectivity index (χ4n) is 4.10. The van der Waals surface area contributed by atoms with Gasteiger partial charge in [0.1, 0.15) is 11.9 Å². The molecule has 2 atom stereocenters. The van der Waals surface area contributed by atoms with E-state index >= 15 is 0 Å². The summed E-state index contributed by atoms with van der Waals surface area (Å²) < 4.78 is 20.5. The van der Waals surface area contributed by atoms with E-state index in [-0.39, 0.29) is 23.6 Å². The van der Waals surface area contributed by atoms with E-state index in [4.69, 9.17) is 16.3 Å². The van der Waals surface area contributed by atoms with Gasteiger partial charge in [0.05, 0.1) is 22.2 Å². The summed E-state index contributed by atoms with van der Waals surface area (Å²) in [5, 5.41) is 2.84. The van der Waals surface area contributed by atoms with Crippen LogP contribution in [0.1, 0.15) is 50.8 Å². The van der Waals surface area contributed by atoms with E-state index in [0.717, 1.165) is 17.5 Å². The minimum atomic E-state index is -0.586. The van der Waals surface area contributed by atoms with Crippen molar-refractivity contribution in [1.82, 2.24) is 10.2 Å². The van der Waals surface area contributed by atoms with Gasteiger partial charge in [0.2, 0.25) is 0 Å². The summed E-state index contributed by atoms with van der Waals surface area (Å²) in [5.41, 5.74) is 2.76. The van der Waals surface area contributed by atoms with Gasteiger partial charge in [-0.25, -0.2) is 4.39 Å². The average Bonchev–Trinajstić information content (AvgIpc) is 3.02. The Balaban J connectivity index is 1.72. The molecule has 29 heavy (non-hydrogen) atoms. The minimum absolute atomic E-state index is 0.000995. The molecule has 7 heteroatoms. The van der Waals surface area contributed by atoms with Gasteiger partial charge in [-0.15, -0.1) is 0 Å². The van der Waals surface area contributed by atoms with Crippen LogP contribution in [0.3, 0.4) is 0 Å². The highest BCUT2D eigenvalue weighted by Gasteiger charge is 2.41. The molecular formula is C22H22ClFN2O3. The van der Waals surface area contributed by atoms with Crippen LogP contribution in [0.15, 0.2) is 24.3 Å². The lowest BCUT2D eigenvalue weighted by atomic mass is 9.96. The molecule has 4 rings (SSSR count). The molecule has 2 bridgehead atoms. The van der Waals surface area contributed by atoms with Gasteiger partial charge in [0.25, 0.3) is 11.8 Å². The number of halogens is 2. The molecule has 2 aliphatic rings. The zero-order valence-electron chi connectivity index (χ0n) is 16.5. The van der Waals surface area contributed by atoms with Crippen molar-refractivity contribution in [1.29, 1.82) is 0 Å². The molecule has 0 unspecified atom stereocenters. The summed E-state index contributed by atoms with van der Waals surface area (Å²) in [4.78, 5) is 26.6. The number of amides is 2. The van der Waals surface area contributed by atoms with Gasteiger partial charge in [0, 0.05) is 20.0 Å². The van der Waals surface area contributed by atoms with Gasteiger partial charge < -0.3 is 15.0 Å². The third kappa shape index (κ3) is 3.25. The monoisotopic (exact) mass is 416 g/mol. The van der Waals surface area contributed by atoms with Gasteiger partial charge >= 0.3 is 0 Å². The molecule has 0 radical (unpaired) electrons. The summed E-state index contributed by atoms with van der Waals surface area (Å²) in [6.45, 7) is 4.52. The number of fused-ring (bicyclic) bond motifs is 3. The van der Waals surface area contributed by atoms with Crippen LogP contribution in [0.4, 0.5) is 4.39 Å². The molecule has 1 N–H and O–H groups in total. The van der Waals surface area contributed by atoms with Crippen molar-refractivity contribution < 1.29 is 18.7 Å². The second kappa shape index (κ2) is 7.34. The van der Waals surface area contributed by atoms with E-state index in [1.807, 2.05) is 18.7 Å². The van der Waals surface area contributed by atoms with E-state index in [2.05, 4.69) is 5.32 Å². The van der Waals surface area contributed by atoms with Crippen molar-refractivity contribution in [3.05, 3.63) is 62.9 Å². The highest BCUT2D eigenvalue weighted by molar-refractivity contribution is 6.33. The zero-order valence-corrected chi connectivity index (χ0v) is 17.3. The van der Waals surface area contributed by atoms with E-state index in [9.17, 15) is 14.0 Å². The van der Waals surface area contributed by atoms with Crippen LogP contribution in [-0.2, 0) is 6.42 Å². The molecule has 0 aliphatic carbocycles. The number of nitrogens with one attached hydrogen (secondary N) is 1. The van der Waals surface area contributed by atoms with Gasteiger partial charge in [-0.2, -0.15) is 0 Å². The van der Waals surface area contributed by atoms with Crippen molar-refractivity contribution in [3.63, 3.8) is 0 Å². The molecule has 2 aliphatic heterocycles. The van der Waals surface area contributed by atoms with E-state index in [1.165, 1.54) is 19.2 Å². The first-order valence-electron chi connectivity index (χ1n) is 9.62. The highest BCUT2D eigenvalue weighted by Crippen LogP contribution is 2.41. The fraction of sp³-hybridized carbons (Fsp3) is 0.364. The lowest BCUT2D eigenvalue weighted by Crippen LogP contribution is -2.36. The normalized spacial score (nSPS) is 20.2. The molecular weight excluding hydrogens is 395 g/mol. The molecule has 2 aromatic carbocycles. The lowest BCUT2D eigenvalue weighted by Gasteiger charge is -2.20. The number of rotatable bonds is 3. The molecule has 1 saturated heterocycles. The number of benzene rings is 2. The van der Waals surface area contributed by atoms with E-state index in [0.29, 0.717) is 34.9 Å². The third-order valence-corrected chi connectivity index (χ3v) is 6.37. The van der Waals surface area contributed by atoms with Crippen molar-refractivity contribution in [2.24, 2.45) is 0 Å². The smallest absolute Gasteiger partial charge is 0.258 e. The Morgan fingerprint density at radius 2 is 2.14 bits per heavy atom. The lowest BCUT2D eigenvalue weighted by molar-refractivity contribution is 0.0730. The summed E-state index contributed by atoms with van der Waals surface area (Å²) in [5.74, 6) is -0.703. The van der Waals surface area contributed by atoms with Crippen molar-refractivity contribution in [3.8, 4) is 5.75 Å². The molecule has 2 aromatic rings. The van der Waals surface area contributed by atoms with Crippen LogP contribution < -0.4 is 10.1 Å². The number of hydrogen-bond acceptors (Lipinski definition) is 3. The maximum Gasteiger partial charge on any atom is 0.258 e. The maximum absolute atomic E-state index is 14.3. The predicted octanol–water partition coefficient (Wildman–Crippen LogP) is 3.73. The fourth-order valence-corrected chi connectivity index (χ4v) is 4.37. The summed E-state index contributed by atoms with van der Waals surface area (Å²) in [6, 6.07) is 6.32. The Labute approximate surface area is 173 Å². The summed E-state index contributed by atoms with van der Waals surface area (Å²) in [7, 11) is 1.46. The summed E-state index contributed by atoms with van der Waals surface area (Å²) in [6.07, 6.45) is 1.12. The first kappa shape index (κ1) is 19.7. The quantitative estimate of drug-likeness (QED) is 0.829. The Bertz CT molecular complexity index is 1020. The van der Waals surface area contributed by atoms with Crippen molar-refractivity contribution >= 4 is 23.4 Å². The van der Waals surface area contributed by atoms with E-state index in [1.54, 1.807) is 12.1 Å². The van der Waals surface area contributed by atoms with Gasteiger partial charge in [-0.05, 0) is 55.2 Å². The third-order valence-electron chi connectivity index (χ3n) is 5.92. The second-order valence-electron chi connectivity index (χ2n) is 7.61. The Morgan fingerprint density at radius 3 is 2.83 bits per heavy atom. The Hall–Kier alpha value is -2.60. The minimum Gasteiger partial charge on any atom is -0.486 e. The molecule has 0 saturated carbocycles. The van der Waals surface area contributed by atoms with Gasteiger partial charge in [-0.1, -0.05) is 17.7 Å². The van der Waals surface area contributed by atoms with E-state index < -0.39 is 11.7 Å². The zero-order chi connectivity index (χ0) is 20.9. The highest BCUT2D eigenvalue weighted by atomic mass is 35.5. The van der Waals surface area contributed by atoms with Crippen LogP contribution in [-0.4, -0.2) is 42.5 Å². The predicted molar refractivity (Wildman–Crippen MR) is 108 cm³/mol. The van der Waals surface area contributed by atoms with Crippen LogP contribution >= 0.6 is 11.6 Å². The topological polar surface area (TPSA) is 58.6 Å². The standard InChI is InChI=1S/C22H22ClFN2O3/c1-11-14(8-13-4-5-15(17(24)9-13)21(27)25-3)10-16-20(19(11)23)29-18-6-7-26(12(18)2)22(16)28/h4-5,9-10,12,18H,6-8H2,1-3H3,(H,25,27)/t12-,18-/m1/s1. The van der Waals surface area contributed by atoms with Crippen LogP contribution in [0.2, 0.25) is 5.02 Å². The summed E-state index contributed by atoms with van der Waals surface area (Å²) >= 11 is 6.60. The molecule has 0 aromatic heterocycles.